The molecule has 1 aromatic heterocycles. The van der Waals surface area contributed by atoms with Crippen LogP contribution in [0, 0.1) is 0 Å². The van der Waals surface area contributed by atoms with Gasteiger partial charge < -0.3 is 9.84 Å². The van der Waals surface area contributed by atoms with Crippen molar-refractivity contribution in [1.82, 2.24) is 4.98 Å². The first-order valence-electron chi connectivity index (χ1n) is 6.94. The predicted molar refractivity (Wildman–Crippen MR) is 80.5 cm³/mol. The van der Waals surface area contributed by atoms with E-state index < -0.39 is 11.9 Å². The van der Waals surface area contributed by atoms with E-state index in [1.54, 1.807) is 12.4 Å². The first-order valence-corrected chi connectivity index (χ1v) is 6.94. The molecule has 0 fully saturated rings. The summed E-state index contributed by atoms with van der Waals surface area (Å²) >= 11 is 0. The minimum atomic E-state index is -0.837. The van der Waals surface area contributed by atoms with Crippen LogP contribution >= 0.6 is 0 Å². The average Bonchev–Trinajstić information content (AvgIpc) is 2.45. The zero-order valence-corrected chi connectivity index (χ0v) is 12.2. The van der Waals surface area contributed by atoms with Crippen LogP contribution in [0.2, 0.25) is 0 Å². The monoisotopic (exact) mass is 285 g/mol. The Hall–Kier alpha value is -2.36. The molecule has 110 valence electrons. The molecule has 0 amide bonds. The summed E-state index contributed by atoms with van der Waals surface area (Å²) in [5.74, 6) is -0.751. The van der Waals surface area contributed by atoms with Crippen LogP contribution in [0.1, 0.15) is 30.9 Å². The molecular weight excluding hydrogens is 266 g/mol. The van der Waals surface area contributed by atoms with Crippen molar-refractivity contribution in [3.63, 3.8) is 0 Å². The Kier molecular flexibility index (Phi) is 4.93. The lowest BCUT2D eigenvalue weighted by atomic mass is 9.93. The molecule has 0 aliphatic rings. The number of carbonyl (C=O) groups is 1. The van der Waals surface area contributed by atoms with Gasteiger partial charge in [0.25, 0.3) is 0 Å². The zero-order chi connectivity index (χ0) is 15.2. The van der Waals surface area contributed by atoms with Gasteiger partial charge in [-0.25, -0.2) is 0 Å². The van der Waals surface area contributed by atoms with Crippen molar-refractivity contribution in [1.29, 1.82) is 0 Å². The van der Waals surface area contributed by atoms with E-state index in [-0.39, 0.29) is 6.10 Å². The van der Waals surface area contributed by atoms with Crippen LogP contribution in [0.4, 0.5) is 0 Å². The van der Waals surface area contributed by atoms with Crippen molar-refractivity contribution in [2.45, 2.75) is 32.3 Å². The second-order valence-electron chi connectivity index (χ2n) is 5.20. The van der Waals surface area contributed by atoms with Gasteiger partial charge in [0.1, 0.15) is 5.75 Å². The topological polar surface area (TPSA) is 59.4 Å². The molecule has 2 aromatic rings. The number of pyridine rings is 1. The first kappa shape index (κ1) is 15.0. The molecule has 1 aromatic carbocycles. The molecule has 0 saturated carbocycles. The first-order chi connectivity index (χ1) is 10.1. The molecule has 1 N–H and O–H groups in total. The Morgan fingerprint density at radius 3 is 2.57 bits per heavy atom. The molecule has 4 nitrogen and oxygen atoms in total. The summed E-state index contributed by atoms with van der Waals surface area (Å²) in [4.78, 5) is 15.6. The van der Waals surface area contributed by atoms with E-state index in [2.05, 4.69) is 4.98 Å². The molecule has 0 spiro atoms. The normalized spacial score (nSPS) is 12.1. The smallest absolute Gasteiger partial charge is 0.311 e. The van der Waals surface area contributed by atoms with E-state index in [1.165, 1.54) is 0 Å². The molecule has 0 aliphatic carbocycles. The standard InChI is InChI=1S/C17H19NO3/c1-12(2)21-15-8-13(10-18-11-15)9-16(17(19)20)14-6-4-3-5-7-14/h3-8,10-12,16H,9H2,1-2H3,(H,19,20). The number of aromatic nitrogens is 1. The van der Waals surface area contributed by atoms with Crippen LogP contribution in [-0.2, 0) is 11.2 Å². The largest absolute Gasteiger partial charge is 0.489 e. The Balaban J connectivity index is 2.20. The van der Waals surface area contributed by atoms with Crippen molar-refractivity contribution < 1.29 is 14.6 Å². The average molecular weight is 285 g/mol. The Morgan fingerprint density at radius 2 is 1.95 bits per heavy atom. The van der Waals surface area contributed by atoms with Gasteiger partial charge in [0, 0.05) is 6.20 Å². The summed E-state index contributed by atoms with van der Waals surface area (Å²) in [5, 5.41) is 9.45. The van der Waals surface area contributed by atoms with Crippen LogP contribution in [0.5, 0.6) is 5.75 Å². The molecule has 2 rings (SSSR count). The second kappa shape index (κ2) is 6.88. The van der Waals surface area contributed by atoms with Gasteiger partial charge in [-0.3, -0.25) is 9.78 Å². The summed E-state index contributed by atoms with van der Waals surface area (Å²) in [7, 11) is 0. The summed E-state index contributed by atoms with van der Waals surface area (Å²) in [6.07, 6.45) is 3.78. The van der Waals surface area contributed by atoms with Gasteiger partial charge in [-0.2, -0.15) is 0 Å². The number of rotatable bonds is 6. The summed E-state index contributed by atoms with van der Waals surface area (Å²) < 4.78 is 5.59. The maximum absolute atomic E-state index is 11.5. The third kappa shape index (κ3) is 4.31. The number of carboxylic acid groups (broad SMARTS) is 1. The fraction of sp³-hybridized carbons (Fsp3) is 0.294. The highest BCUT2D eigenvalue weighted by atomic mass is 16.5. The molecule has 1 unspecified atom stereocenters. The minimum absolute atomic E-state index is 0.0615. The van der Waals surface area contributed by atoms with Crippen LogP contribution in [0.15, 0.2) is 48.8 Å². The summed E-state index contributed by atoms with van der Waals surface area (Å²) in [6, 6.07) is 11.1. The lowest BCUT2D eigenvalue weighted by Crippen LogP contribution is -2.14. The fourth-order valence-electron chi connectivity index (χ4n) is 2.18. The highest BCUT2D eigenvalue weighted by molar-refractivity contribution is 5.76. The van der Waals surface area contributed by atoms with Crippen LogP contribution in [0.25, 0.3) is 0 Å². The molecule has 1 atom stereocenters. The minimum Gasteiger partial charge on any atom is -0.489 e. The zero-order valence-electron chi connectivity index (χ0n) is 12.2. The molecule has 4 heteroatoms. The highest BCUT2D eigenvalue weighted by Crippen LogP contribution is 2.23. The third-order valence-electron chi connectivity index (χ3n) is 3.08. The van der Waals surface area contributed by atoms with Gasteiger partial charge in [0.2, 0.25) is 0 Å². The van der Waals surface area contributed by atoms with Crippen molar-refractivity contribution in [2.75, 3.05) is 0 Å². The molecular formula is C17H19NO3. The third-order valence-corrected chi connectivity index (χ3v) is 3.08. The van der Waals surface area contributed by atoms with E-state index >= 15 is 0 Å². The second-order valence-corrected chi connectivity index (χ2v) is 5.20. The maximum Gasteiger partial charge on any atom is 0.311 e. The Bertz CT molecular complexity index is 596. The summed E-state index contributed by atoms with van der Waals surface area (Å²) in [6.45, 7) is 3.88. The van der Waals surface area contributed by atoms with E-state index in [4.69, 9.17) is 4.74 Å². The van der Waals surface area contributed by atoms with Crippen molar-refractivity contribution in [2.24, 2.45) is 0 Å². The number of carboxylic acids is 1. The molecule has 0 saturated heterocycles. The maximum atomic E-state index is 11.5. The lowest BCUT2D eigenvalue weighted by molar-refractivity contribution is -0.138. The van der Waals surface area contributed by atoms with Crippen molar-refractivity contribution in [3.05, 3.63) is 59.9 Å². The lowest BCUT2D eigenvalue weighted by Gasteiger charge is -2.14. The van der Waals surface area contributed by atoms with E-state index in [0.29, 0.717) is 12.2 Å². The number of ether oxygens (including phenoxy) is 1. The number of nitrogens with zero attached hydrogens (tertiary/aromatic N) is 1. The van der Waals surface area contributed by atoms with Crippen LogP contribution in [-0.4, -0.2) is 22.2 Å². The Morgan fingerprint density at radius 1 is 1.24 bits per heavy atom. The highest BCUT2D eigenvalue weighted by Gasteiger charge is 2.20. The van der Waals surface area contributed by atoms with Gasteiger partial charge in [0.15, 0.2) is 0 Å². The predicted octanol–water partition coefficient (Wildman–Crippen LogP) is 3.28. The number of aliphatic carboxylic acids is 1. The number of hydrogen-bond acceptors (Lipinski definition) is 3. The molecule has 1 heterocycles. The van der Waals surface area contributed by atoms with E-state index in [1.807, 2.05) is 50.2 Å². The molecule has 0 aliphatic heterocycles. The van der Waals surface area contributed by atoms with Gasteiger partial charge in [0.05, 0.1) is 18.2 Å². The number of hydrogen-bond donors (Lipinski definition) is 1. The van der Waals surface area contributed by atoms with Gasteiger partial charge >= 0.3 is 5.97 Å². The van der Waals surface area contributed by atoms with E-state index in [9.17, 15) is 9.90 Å². The van der Waals surface area contributed by atoms with E-state index in [0.717, 1.165) is 11.1 Å². The molecule has 0 bridgehead atoms. The van der Waals surface area contributed by atoms with Gasteiger partial charge in [-0.1, -0.05) is 30.3 Å². The van der Waals surface area contributed by atoms with Crippen LogP contribution < -0.4 is 4.74 Å². The van der Waals surface area contributed by atoms with Crippen LogP contribution in [0.3, 0.4) is 0 Å². The quantitative estimate of drug-likeness (QED) is 0.884. The number of benzene rings is 1. The van der Waals surface area contributed by atoms with Crippen molar-refractivity contribution >= 4 is 5.97 Å². The van der Waals surface area contributed by atoms with Gasteiger partial charge in [-0.05, 0) is 37.5 Å². The molecule has 21 heavy (non-hydrogen) atoms. The SMILES string of the molecule is CC(C)Oc1cncc(CC(C(=O)O)c2ccccc2)c1. The Labute approximate surface area is 124 Å². The fourth-order valence-corrected chi connectivity index (χ4v) is 2.18. The van der Waals surface area contributed by atoms with Gasteiger partial charge in [-0.15, -0.1) is 0 Å². The molecule has 0 radical (unpaired) electrons. The summed E-state index contributed by atoms with van der Waals surface area (Å²) in [5.41, 5.74) is 1.64. The van der Waals surface area contributed by atoms with Crippen molar-refractivity contribution in [3.8, 4) is 5.75 Å².